The zero-order valence-corrected chi connectivity index (χ0v) is 23.7. The summed E-state index contributed by atoms with van der Waals surface area (Å²) < 4.78 is 21.3. The van der Waals surface area contributed by atoms with E-state index in [-0.39, 0.29) is 15.9 Å². The molecule has 0 aliphatic carbocycles. The van der Waals surface area contributed by atoms with Gasteiger partial charge in [0, 0.05) is 0 Å². The molecule has 1 aliphatic heterocycles. The van der Waals surface area contributed by atoms with E-state index in [4.69, 9.17) is 19.3 Å². The zero-order chi connectivity index (χ0) is 25.0. The Hall–Kier alpha value is -1.38. The van der Waals surface area contributed by atoms with E-state index in [0.29, 0.717) is 17.8 Å². The number of nitrogens with zero attached hydrogens (tertiary/aromatic N) is 4. The number of fused-ring (bicyclic) bond motifs is 1. The number of nitrogen functional groups attached to an aromatic ring is 1. The van der Waals surface area contributed by atoms with Crippen LogP contribution < -0.4 is 5.73 Å². The summed E-state index contributed by atoms with van der Waals surface area (Å²) in [4.78, 5) is 12.7. The highest BCUT2D eigenvalue weighted by molar-refractivity contribution is 6.74. The van der Waals surface area contributed by atoms with Crippen molar-refractivity contribution in [3.63, 3.8) is 0 Å². The summed E-state index contributed by atoms with van der Waals surface area (Å²) in [6, 6.07) is 0. The van der Waals surface area contributed by atoms with Crippen molar-refractivity contribution in [2.24, 2.45) is 0 Å². The third-order valence-electron chi connectivity index (χ3n) is 7.62. The second kappa shape index (κ2) is 8.69. The number of aliphatic hydroxyl groups is 1. The molecule has 0 bridgehead atoms. The van der Waals surface area contributed by atoms with Gasteiger partial charge in [-0.25, -0.2) is 15.0 Å². The second-order valence-corrected chi connectivity index (χ2v) is 21.6. The maximum Gasteiger partial charge on any atom is 0.192 e. The van der Waals surface area contributed by atoms with Crippen LogP contribution in [-0.4, -0.2) is 66.2 Å². The highest BCUT2D eigenvalue weighted by Gasteiger charge is 2.51. The van der Waals surface area contributed by atoms with E-state index in [1.54, 1.807) is 10.9 Å². The summed E-state index contributed by atoms with van der Waals surface area (Å²) in [5.41, 5.74) is 6.96. The number of rotatable bonds is 6. The van der Waals surface area contributed by atoms with Crippen molar-refractivity contribution in [2.45, 2.75) is 102 Å². The van der Waals surface area contributed by atoms with Gasteiger partial charge in [0.1, 0.15) is 30.2 Å². The lowest BCUT2D eigenvalue weighted by Gasteiger charge is -2.41. The Kier molecular flexibility index (Phi) is 6.90. The molecule has 33 heavy (non-hydrogen) atoms. The third-order valence-corrected chi connectivity index (χ3v) is 16.6. The van der Waals surface area contributed by atoms with Gasteiger partial charge in [-0.05, 0) is 36.3 Å². The van der Waals surface area contributed by atoms with Gasteiger partial charge < -0.3 is 24.4 Å². The van der Waals surface area contributed by atoms with Gasteiger partial charge in [-0.1, -0.05) is 41.5 Å². The Balaban J connectivity index is 1.94. The first kappa shape index (κ1) is 26.2. The van der Waals surface area contributed by atoms with Crippen LogP contribution in [-0.2, 0) is 13.6 Å². The van der Waals surface area contributed by atoms with Crippen molar-refractivity contribution in [3.05, 3.63) is 12.7 Å². The Bertz CT molecular complexity index is 983. The number of hydrogen-bond acceptors (Lipinski definition) is 8. The lowest BCUT2D eigenvalue weighted by molar-refractivity contribution is -0.0487. The van der Waals surface area contributed by atoms with Crippen molar-refractivity contribution in [1.29, 1.82) is 0 Å². The SMILES string of the molecule is CC(C)(C)[Si](C)(C)OC[C@H]1O[C@@H](n2cnc3c(N)ncnc32)[C@H](O)[C@@H]1O[Si](C)(C)C(C)(C)C. The van der Waals surface area contributed by atoms with Gasteiger partial charge in [0.2, 0.25) is 0 Å². The van der Waals surface area contributed by atoms with E-state index in [9.17, 15) is 5.11 Å². The normalized spacial score (nSPS) is 25.2. The van der Waals surface area contributed by atoms with Crippen LogP contribution in [0.3, 0.4) is 0 Å². The Morgan fingerprint density at radius 2 is 1.64 bits per heavy atom. The van der Waals surface area contributed by atoms with E-state index >= 15 is 0 Å². The molecule has 2 aromatic rings. The van der Waals surface area contributed by atoms with Gasteiger partial charge >= 0.3 is 0 Å². The summed E-state index contributed by atoms with van der Waals surface area (Å²) in [5, 5.41) is 11.5. The van der Waals surface area contributed by atoms with E-state index in [1.165, 1.54) is 6.33 Å². The summed E-state index contributed by atoms with van der Waals surface area (Å²) in [6.07, 6.45) is 0.387. The lowest BCUT2D eigenvalue weighted by atomic mass is 10.1. The standard InChI is InChI=1S/C22H41N5O4Si2/c1-21(2,3)32(7,8)29-11-14-17(31-33(9,10)22(4,5)6)16(28)20(30-14)27-13-26-15-18(23)24-12-25-19(15)27/h12-14,16-17,20,28H,11H2,1-10H3,(H2,23,24,25)/t14-,16-,17-,20-/m1/s1. The fraction of sp³-hybridized carbons (Fsp3) is 0.773. The van der Waals surface area contributed by atoms with Crippen molar-refractivity contribution < 1.29 is 18.7 Å². The Morgan fingerprint density at radius 1 is 1.03 bits per heavy atom. The molecule has 1 saturated heterocycles. The van der Waals surface area contributed by atoms with E-state index in [2.05, 4.69) is 82.7 Å². The second-order valence-electron chi connectivity index (χ2n) is 12.1. The fourth-order valence-electron chi connectivity index (χ4n) is 3.31. The minimum Gasteiger partial charge on any atom is -0.414 e. The highest BCUT2D eigenvalue weighted by Crippen LogP contribution is 2.43. The van der Waals surface area contributed by atoms with Crippen LogP contribution in [0.15, 0.2) is 12.7 Å². The average molecular weight is 496 g/mol. The number of imidazole rings is 1. The van der Waals surface area contributed by atoms with Crippen molar-refractivity contribution in [2.75, 3.05) is 12.3 Å². The number of anilines is 1. The molecule has 0 aromatic carbocycles. The molecule has 0 radical (unpaired) electrons. The molecular weight excluding hydrogens is 454 g/mol. The van der Waals surface area contributed by atoms with Crippen molar-refractivity contribution >= 4 is 33.6 Å². The molecule has 0 spiro atoms. The molecule has 3 N–H and O–H groups in total. The fourth-order valence-corrected chi connectivity index (χ4v) is 5.65. The molecule has 11 heteroatoms. The number of aromatic nitrogens is 4. The van der Waals surface area contributed by atoms with Crippen LogP contribution >= 0.6 is 0 Å². The molecule has 1 aliphatic rings. The van der Waals surface area contributed by atoms with Gasteiger partial charge in [-0.2, -0.15) is 0 Å². The largest absolute Gasteiger partial charge is 0.414 e. The first-order valence-corrected chi connectivity index (χ1v) is 17.4. The van der Waals surface area contributed by atoms with Crippen LogP contribution in [0.5, 0.6) is 0 Å². The minimum absolute atomic E-state index is 0.0149. The number of hydrogen-bond donors (Lipinski definition) is 2. The molecule has 9 nitrogen and oxygen atoms in total. The lowest BCUT2D eigenvalue weighted by Crippen LogP contribution is -2.51. The Morgan fingerprint density at radius 3 is 2.21 bits per heavy atom. The Labute approximate surface area is 199 Å². The van der Waals surface area contributed by atoms with Gasteiger partial charge in [0.05, 0.1) is 12.9 Å². The highest BCUT2D eigenvalue weighted by atomic mass is 28.4. The molecule has 3 rings (SSSR count). The van der Waals surface area contributed by atoms with E-state index in [1.807, 2.05) is 0 Å². The van der Waals surface area contributed by atoms with Crippen molar-refractivity contribution in [3.8, 4) is 0 Å². The molecule has 2 aromatic heterocycles. The number of aliphatic hydroxyl groups excluding tert-OH is 1. The molecule has 0 saturated carbocycles. The van der Waals surface area contributed by atoms with E-state index < -0.39 is 41.2 Å². The van der Waals surface area contributed by atoms with Gasteiger partial charge in [0.25, 0.3) is 0 Å². The van der Waals surface area contributed by atoms with Gasteiger partial charge in [0.15, 0.2) is 34.3 Å². The summed E-state index contributed by atoms with van der Waals surface area (Å²) in [7, 11) is -4.22. The maximum atomic E-state index is 11.4. The molecule has 4 atom stereocenters. The third kappa shape index (κ3) is 5.03. The van der Waals surface area contributed by atoms with Crippen LogP contribution in [0.4, 0.5) is 5.82 Å². The summed E-state index contributed by atoms with van der Waals surface area (Å²) in [6.45, 7) is 22.3. The zero-order valence-electron chi connectivity index (χ0n) is 21.7. The maximum absolute atomic E-state index is 11.4. The quantitative estimate of drug-likeness (QED) is 0.576. The molecular formula is C22H41N5O4Si2. The first-order chi connectivity index (χ1) is 15.0. The summed E-state index contributed by atoms with van der Waals surface area (Å²) in [5.74, 6) is 0.290. The molecule has 3 heterocycles. The molecule has 1 fully saturated rings. The first-order valence-electron chi connectivity index (χ1n) is 11.5. The number of nitrogens with two attached hydrogens (primary N) is 1. The summed E-state index contributed by atoms with van der Waals surface area (Å²) >= 11 is 0. The van der Waals surface area contributed by atoms with Crippen LogP contribution in [0, 0.1) is 0 Å². The molecule has 0 amide bonds. The van der Waals surface area contributed by atoms with Crippen LogP contribution in [0.25, 0.3) is 11.2 Å². The topological polar surface area (TPSA) is 118 Å². The molecule has 186 valence electrons. The average Bonchev–Trinajstić information content (AvgIpc) is 3.21. The smallest absolute Gasteiger partial charge is 0.192 e. The van der Waals surface area contributed by atoms with Crippen LogP contribution in [0.1, 0.15) is 47.8 Å². The molecule has 0 unspecified atom stereocenters. The van der Waals surface area contributed by atoms with Crippen LogP contribution in [0.2, 0.25) is 36.3 Å². The van der Waals surface area contributed by atoms with Gasteiger partial charge in [-0.15, -0.1) is 0 Å². The predicted molar refractivity (Wildman–Crippen MR) is 135 cm³/mol. The predicted octanol–water partition coefficient (Wildman–Crippen LogP) is 4.08. The number of ether oxygens (including phenoxy) is 1. The van der Waals surface area contributed by atoms with E-state index in [0.717, 1.165) is 0 Å². The van der Waals surface area contributed by atoms with Crippen molar-refractivity contribution in [1.82, 2.24) is 19.5 Å². The van der Waals surface area contributed by atoms with Gasteiger partial charge in [-0.3, -0.25) is 4.57 Å². The monoisotopic (exact) mass is 495 g/mol. The minimum atomic E-state index is -2.20.